The van der Waals surface area contributed by atoms with Gasteiger partial charge in [0.05, 0.1) is 5.52 Å². The highest BCUT2D eigenvalue weighted by Crippen LogP contribution is 2.14. The molecule has 0 saturated heterocycles. The van der Waals surface area contributed by atoms with Gasteiger partial charge in [-0.05, 0) is 31.0 Å². The van der Waals surface area contributed by atoms with Gasteiger partial charge in [-0.3, -0.25) is 4.57 Å². The van der Waals surface area contributed by atoms with Crippen LogP contribution in [0.3, 0.4) is 0 Å². The van der Waals surface area contributed by atoms with Gasteiger partial charge in [0.15, 0.2) is 5.58 Å². The van der Waals surface area contributed by atoms with Crippen molar-refractivity contribution < 1.29 is 4.42 Å². The Morgan fingerprint density at radius 2 is 2.05 bits per heavy atom. The van der Waals surface area contributed by atoms with Crippen molar-refractivity contribution in [2.45, 2.75) is 39.8 Å². The van der Waals surface area contributed by atoms with Crippen LogP contribution < -0.4 is 11.1 Å². The van der Waals surface area contributed by atoms with E-state index >= 15 is 0 Å². The molecule has 4 nitrogen and oxygen atoms in total. The van der Waals surface area contributed by atoms with E-state index in [9.17, 15) is 4.79 Å². The summed E-state index contributed by atoms with van der Waals surface area (Å²) in [7, 11) is 0. The first-order valence-electron chi connectivity index (χ1n) is 6.95. The quantitative estimate of drug-likeness (QED) is 0.870. The minimum Gasteiger partial charge on any atom is -0.408 e. The highest BCUT2D eigenvalue weighted by atomic mass is 16.4. The lowest BCUT2D eigenvalue weighted by molar-refractivity contribution is 0.346. The SMILES string of the molecule is CCCNC(Cn1c(=O)oc2ccccc21)C(C)C. The third-order valence-electron chi connectivity index (χ3n) is 3.41. The standard InChI is InChI=1S/C15H22N2O2/c1-4-9-16-12(11(2)3)10-17-13-7-5-6-8-14(13)19-15(17)18/h5-8,11-12,16H,4,9-10H2,1-3H3. The van der Waals surface area contributed by atoms with Crippen LogP contribution in [0.4, 0.5) is 0 Å². The summed E-state index contributed by atoms with van der Waals surface area (Å²) in [5, 5.41) is 3.50. The summed E-state index contributed by atoms with van der Waals surface area (Å²) >= 11 is 0. The van der Waals surface area contributed by atoms with Crippen LogP contribution in [0, 0.1) is 5.92 Å². The molecule has 0 aliphatic heterocycles. The van der Waals surface area contributed by atoms with Gasteiger partial charge >= 0.3 is 5.76 Å². The van der Waals surface area contributed by atoms with Gasteiger partial charge < -0.3 is 9.73 Å². The zero-order chi connectivity index (χ0) is 13.8. The number of oxazole rings is 1. The third-order valence-corrected chi connectivity index (χ3v) is 3.41. The zero-order valence-corrected chi connectivity index (χ0v) is 11.8. The predicted molar refractivity (Wildman–Crippen MR) is 77.4 cm³/mol. The number of hydrogen-bond donors (Lipinski definition) is 1. The maximum atomic E-state index is 11.9. The minimum absolute atomic E-state index is 0.273. The Bertz CT molecular complexity index is 583. The minimum atomic E-state index is -0.273. The highest BCUT2D eigenvalue weighted by molar-refractivity contribution is 5.72. The van der Waals surface area contributed by atoms with Crippen LogP contribution in [0.25, 0.3) is 11.1 Å². The molecule has 1 aromatic heterocycles. The summed E-state index contributed by atoms with van der Waals surface area (Å²) in [6, 6.07) is 7.84. The van der Waals surface area contributed by atoms with Crippen LogP contribution in [-0.2, 0) is 6.54 Å². The first-order valence-corrected chi connectivity index (χ1v) is 6.95. The topological polar surface area (TPSA) is 47.2 Å². The number of benzene rings is 1. The summed E-state index contributed by atoms with van der Waals surface area (Å²) < 4.78 is 6.99. The average Bonchev–Trinajstić information content (AvgIpc) is 2.70. The zero-order valence-electron chi connectivity index (χ0n) is 11.8. The maximum absolute atomic E-state index is 11.9. The Morgan fingerprint density at radius 3 is 2.74 bits per heavy atom. The summed E-state index contributed by atoms with van der Waals surface area (Å²) in [5.74, 6) is 0.192. The molecule has 1 unspecified atom stereocenters. The molecule has 1 aromatic carbocycles. The van der Waals surface area contributed by atoms with E-state index in [0.717, 1.165) is 18.5 Å². The lowest BCUT2D eigenvalue weighted by atomic mass is 10.0. The highest BCUT2D eigenvalue weighted by Gasteiger charge is 2.17. The van der Waals surface area contributed by atoms with E-state index in [-0.39, 0.29) is 11.8 Å². The van der Waals surface area contributed by atoms with E-state index < -0.39 is 0 Å². The fraction of sp³-hybridized carbons (Fsp3) is 0.533. The molecule has 4 heteroatoms. The molecule has 0 fully saturated rings. The van der Waals surface area contributed by atoms with Crippen LogP contribution in [0.5, 0.6) is 0 Å². The Hall–Kier alpha value is -1.55. The molecule has 104 valence electrons. The number of nitrogens with one attached hydrogen (secondary N) is 1. The summed E-state index contributed by atoms with van der Waals surface area (Å²) in [6.07, 6.45) is 1.09. The van der Waals surface area contributed by atoms with Crippen molar-refractivity contribution in [2.24, 2.45) is 5.92 Å². The van der Waals surface area contributed by atoms with E-state index in [1.807, 2.05) is 24.3 Å². The molecule has 2 rings (SSSR count). The summed E-state index contributed by atoms with van der Waals surface area (Å²) in [5.41, 5.74) is 1.53. The largest absolute Gasteiger partial charge is 0.420 e. The van der Waals surface area contributed by atoms with Crippen LogP contribution >= 0.6 is 0 Å². The number of aromatic nitrogens is 1. The monoisotopic (exact) mass is 262 g/mol. The number of para-hydroxylation sites is 2. The molecular weight excluding hydrogens is 240 g/mol. The molecule has 1 N–H and O–H groups in total. The van der Waals surface area contributed by atoms with E-state index in [4.69, 9.17) is 4.42 Å². The Labute approximate surface area is 113 Å². The molecule has 0 aliphatic carbocycles. The molecular formula is C15H22N2O2. The molecule has 19 heavy (non-hydrogen) atoms. The van der Waals surface area contributed by atoms with Gasteiger partial charge in [0.25, 0.3) is 0 Å². The smallest absolute Gasteiger partial charge is 0.408 e. The second-order valence-electron chi connectivity index (χ2n) is 5.25. The van der Waals surface area contributed by atoms with Crippen molar-refractivity contribution in [3.63, 3.8) is 0 Å². The van der Waals surface area contributed by atoms with E-state index in [1.54, 1.807) is 4.57 Å². The molecule has 2 aromatic rings. The van der Waals surface area contributed by atoms with Gasteiger partial charge in [0.2, 0.25) is 0 Å². The van der Waals surface area contributed by atoms with Gasteiger partial charge in [-0.2, -0.15) is 0 Å². The molecule has 0 aliphatic rings. The Kier molecular flexibility index (Phi) is 4.43. The molecule has 0 saturated carbocycles. The van der Waals surface area contributed by atoms with Gasteiger partial charge in [-0.1, -0.05) is 32.9 Å². The molecule has 0 amide bonds. The van der Waals surface area contributed by atoms with E-state index in [0.29, 0.717) is 18.0 Å². The molecule has 1 heterocycles. The first-order chi connectivity index (χ1) is 9.13. The van der Waals surface area contributed by atoms with Crippen molar-refractivity contribution in [3.05, 3.63) is 34.8 Å². The molecule has 0 spiro atoms. The van der Waals surface area contributed by atoms with Crippen molar-refractivity contribution in [2.75, 3.05) is 6.54 Å². The second-order valence-corrected chi connectivity index (χ2v) is 5.25. The lowest BCUT2D eigenvalue weighted by Gasteiger charge is -2.22. The average molecular weight is 262 g/mol. The van der Waals surface area contributed by atoms with Gasteiger partial charge in [0.1, 0.15) is 0 Å². The van der Waals surface area contributed by atoms with Gasteiger partial charge in [0, 0.05) is 12.6 Å². The molecule has 0 bridgehead atoms. The Balaban J connectivity index is 2.28. The lowest BCUT2D eigenvalue weighted by Crippen LogP contribution is -2.39. The number of rotatable bonds is 6. The normalized spacial score (nSPS) is 13.3. The van der Waals surface area contributed by atoms with Crippen LogP contribution in [0.1, 0.15) is 27.2 Å². The molecule has 1 atom stereocenters. The van der Waals surface area contributed by atoms with E-state index in [1.165, 1.54) is 0 Å². The number of fused-ring (bicyclic) bond motifs is 1. The predicted octanol–water partition coefficient (Wildman–Crippen LogP) is 2.62. The van der Waals surface area contributed by atoms with Gasteiger partial charge in [-0.15, -0.1) is 0 Å². The maximum Gasteiger partial charge on any atom is 0.420 e. The van der Waals surface area contributed by atoms with Crippen molar-refractivity contribution in [1.29, 1.82) is 0 Å². The van der Waals surface area contributed by atoms with Crippen LogP contribution in [0.2, 0.25) is 0 Å². The second kappa shape index (κ2) is 6.06. The van der Waals surface area contributed by atoms with E-state index in [2.05, 4.69) is 26.1 Å². The fourth-order valence-electron chi connectivity index (χ4n) is 2.22. The Morgan fingerprint density at radius 1 is 1.32 bits per heavy atom. The summed E-state index contributed by atoms with van der Waals surface area (Å²) in [6.45, 7) is 8.09. The fourth-order valence-corrected chi connectivity index (χ4v) is 2.22. The van der Waals surface area contributed by atoms with Crippen molar-refractivity contribution in [1.82, 2.24) is 9.88 Å². The van der Waals surface area contributed by atoms with Gasteiger partial charge in [-0.25, -0.2) is 4.79 Å². The van der Waals surface area contributed by atoms with Crippen LogP contribution in [0.15, 0.2) is 33.5 Å². The van der Waals surface area contributed by atoms with Crippen molar-refractivity contribution in [3.8, 4) is 0 Å². The molecule has 0 radical (unpaired) electrons. The summed E-state index contributed by atoms with van der Waals surface area (Å²) in [4.78, 5) is 11.9. The number of hydrogen-bond acceptors (Lipinski definition) is 3. The third kappa shape index (κ3) is 3.07. The van der Waals surface area contributed by atoms with Crippen LogP contribution in [-0.4, -0.2) is 17.2 Å². The van der Waals surface area contributed by atoms with Crippen molar-refractivity contribution >= 4 is 11.1 Å². The first kappa shape index (κ1) is 13.9. The number of nitrogens with zero attached hydrogens (tertiary/aromatic N) is 1.